The van der Waals surface area contributed by atoms with Gasteiger partial charge in [-0.2, -0.15) is 0 Å². The molecule has 1 aliphatic rings. The van der Waals surface area contributed by atoms with E-state index in [0.29, 0.717) is 29.0 Å². The Morgan fingerprint density at radius 3 is 3.09 bits per heavy atom. The molecule has 0 saturated heterocycles. The Hall–Kier alpha value is -1.56. The molecule has 1 aromatic carbocycles. The van der Waals surface area contributed by atoms with E-state index in [1.807, 2.05) is 11.3 Å². The Morgan fingerprint density at radius 1 is 1.48 bits per heavy atom. The van der Waals surface area contributed by atoms with Gasteiger partial charge >= 0.3 is 0 Å². The Balaban J connectivity index is 1.68. The van der Waals surface area contributed by atoms with E-state index < -0.39 is 0 Å². The van der Waals surface area contributed by atoms with E-state index in [4.69, 9.17) is 16.3 Å². The molecule has 1 amide bonds. The molecule has 2 atom stereocenters. The molecule has 1 aliphatic heterocycles. The maximum atomic E-state index is 12.4. The SMILES string of the molecule is COc1ccc(Cl)cc1NC(=O)C[NH+]1CCc2sccc2[C@@H]1C. The molecule has 0 spiro atoms. The van der Waals surface area contributed by atoms with Crippen molar-refractivity contribution in [3.05, 3.63) is 45.1 Å². The summed E-state index contributed by atoms with van der Waals surface area (Å²) in [5.74, 6) is 0.593. The fourth-order valence-electron chi connectivity index (χ4n) is 3.07. The van der Waals surface area contributed by atoms with Crippen LogP contribution in [0, 0.1) is 0 Å². The molecular formula is C17H20ClN2O2S+. The Labute approximate surface area is 145 Å². The second-order valence-electron chi connectivity index (χ2n) is 5.75. The standard InChI is InChI=1S/C17H19ClN2O2S/c1-11-13-6-8-23-16(13)5-7-20(11)10-17(21)19-14-9-12(18)3-4-15(14)22-2/h3-4,6,8-9,11H,5,7,10H2,1-2H3,(H,19,21)/p+1/t11-/m0/s1. The first kappa shape index (κ1) is 16.3. The minimum atomic E-state index is -0.0221. The van der Waals surface area contributed by atoms with Gasteiger partial charge < -0.3 is 15.0 Å². The van der Waals surface area contributed by atoms with E-state index in [-0.39, 0.29) is 5.91 Å². The Bertz CT molecular complexity index is 716. The fourth-order valence-corrected chi connectivity index (χ4v) is 4.22. The van der Waals surface area contributed by atoms with E-state index in [1.165, 1.54) is 15.3 Å². The van der Waals surface area contributed by atoms with Crippen LogP contribution in [-0.4, -0.2) is 26.1 Å². The molecule has 2 heterocycles. The average molecular weight is 352 g/mol. The third-order valence-electron chi connectivity index (χ3n) is 4.36. The first-order valence-electron chi connectivity index (χ1n) is 7.62. The van der Waals surface area contributed by atoms with Crippen molar-refractivity contribution in [1.82, 2.24) is 0 Å². The highest BCUT2D eigenvalue weighted by atomic mass is 35.5. The number of amides is 1. The van der Waals surface area contributed by atoms with Crippen LogP contribution in [0.2, 0.25) is 5.02 Å². The number of halogens is 1. The van der Waals surface area contributed by atoms with Crippen LogP contribution in [-0.2, 0) is 11.2 Å². The van der Waals surface area contributed by atoms with E-state index in [1.54, 1.807) is 25.3 Å². The van der Waals surface area contributed by atoms with E-state index in [2.05, 4.69) is 23.7 Å². The number of carbonyl (C=O) groups excluding carboxylic acids is 1. The largest absolute Gasteiger partial charge is 0.495 e. The maximum absolute atomic E-state index is 12.4. The number of rotatable bonds is 4. The summed E-state index contributed by atoms with van der Waals surface area (Å²) in [7, 11) is 1.58. The van der Waals surface area contributed by atoms with Gasteiger partial charge in [-0.05, 0) is 36.6 Å². The van der Waals surface area contributed by atoms with Crippen LogP contribution in [0.25, 0.3) is 0 Å². The minimum absolute atomic E-state index is 0.0221. The number of fused-ring (bicyclic) bond motifs is 1. The summed E-state index contributed by atoms with van der Waals surface area (Å²) in [5.41, 5.74) is 2.00. The van der Waals surface area contributed by atoms with Gasteiger partial charge in [0.05, 0.1) is 19.3 Å². The fraction of sp³-hybridized carbons (Fsp3) is 0.353. The molecule has 0 fully saturated rings. The quantitative estimate of drug-likeness (QED) is 0.889. The van der Waals surface area contributed by atoms with Gasteiger partial charge in [-0.1, -0.05) is 11.6 Å². The molecule has 0 saturated carbocycles. The summed E-state index contributed by atoms with van der Waals surface area (Å²) in [6.45, 7) is 3.61. The van der Waals surface area contributed by atoms with Crippen molar-refractivity contribution >= 4 is 34.5 Å². The third-order valence-corrected chi connectivity index (χ3v) is 5.59. The molecule has 0 bridgehead atoms. The molecule has 2 N–H and O–H groups in total. The normalized spacial score (nSPS) is 20.0. The third kappa shape index (κ3) is 3.52. The second kappa shape index (κ2) is 6.91. The van der Waals surface area contributed by atoms with Crippen molar-refractivity contribution in [3.8, 4) is 5.75 Å². The number of thiophene rings is 1. The zero-order chi connectivity index (χ0) is 16.4. The van der Waals surface area contributed by atoms with Crippen LogP contribution < -0.4 is 15.0 Å². The summed E-state index contributed by atoms with van der Waals surface area (Å²) in [6, 6.07) is 7.74. The number of nitrogens with one attached hydrogen (secondary N) is 2. The lowest BCUT2D eigenvalue weighted by atomic mass is 10.0. The summed E-state index contributed by atoms with van der Waals surface area (Å²) < 4.78 is 5.27. The second-order valence-corrected chi connectivity index (χ2v) is 7.19. The number of benzene rings is 1. The zero-order valence-corrected chi connectivity index (χ0v) is 14.8. The predicted octanol–water partition coefficient (Wildman–Crippen LogP) is 2.55. The van der Waals surface area contributed by atoms with Crippen LogP contribution in [0.3, 0.4) is 0 Å². The van der Waals surface area contributed by atoms with Gasteiger partial charge in [0.1, 0.15) is 11.8 Å². The van der Waals surface area contributed by atoms with Gasteiger partial charge in [0.15, 0.2) is 6.54 Å². The van der Waals surface area contributed by atoms with E-state index in [0.717, 1.165) is 13.0 Å². The number of methoxy groups -OCH3 is 1. The molecule has 6 heteroatoms. The van der Waals surface area contributed by atoms with Crippen LogP contribution in [0.4, 0.5) is 5.69 Å². The molecule has 1 unspecified atom stereocenters. The van der Waals surface area contributed by atoms with Gasteiger partial charge in [-0.15, -0.1) is 11.3 Å². The number of ether oxygens (including phenoxy) is 1. The first-order valence-corrected chi connectivity index (χ1v) is 8.88. The van der Waals surface area contributed by atoms with Gasteiger partial charge in [0, 0.05) is 21.9 Å². The first-order chi connectivity index (χ1) is 11.1. The van der Waals surface area contributed by atoms with Crippen molar-refractivity contribution in [2.24, 2.45) is 0 Å². The van der Waals surface area contributed by atoms with Gasteiger partial charge in [-0.25, -0.2) is 0 Å². The van der Waals surface area contributed by atoms with Crippen molar-refractivity contribution in [2.75, 3.05) is 25.5 Å². The highest BCUT2D eigenvalue weighted by Gasteiger charge is 2.29. The lowest BCUT2D eigenvalue weighted by Crippen LogP contribution is -3.14. The lowest BCUT2D eigenvalue weighted by Gasteiger charge is -2.29. The summed E-state index contributed by atoms with van der Waals surface area (Å²) in [6.07, 6.45) is 1.04. The summed E-state index contributed by atoms with van der Waals surface area (Å²) >= 11 is 7.82. The molecule has 2 aromatic rings. The van der Waals surface area contributed by atoms with Crippen LogP contribution in [0.1, 0.15) is 23.4 Å². The number of carbonyl (C=O) groups is 1. The molecular weight excluding hydrogens is 332 g/mol. The average Bonchev–Trinajstić information content (AvgIpc) is 3.00. The number of hydrogen-bond donors (Lipinski definition) is 2. The van der Waals surface area contributed by atoms with E-state index in [9.17, 15) is 4.79 Å². The highest BCUT2D eigenvalue weighted by Crippen LogP contribution is 2.28. The topological polar surface area (TPSA) is 42.8 Å². The Morgan fingerprint density at radius 2 is 2.30 bits per heavy atom. The minimum Gasteiger partial charge on any atom is -0.495 e. The highest BCUT2D eigenvalue weighted by molar-refractivity contribution is 7.10. The smallest absolute Gasteiger partial charge is 0.279 e. The number of anilines is 1. The maximum Gasteiger partial charge on any atom is 0.279 e. The number of hydrogen-bond acceptors (Lipinski definition) is 3. The van der Waals surface area contributed by atoms with Gasteiger partial charge in [0.2, 0.25) is 0 Å². The monoisotopic (exact) mass is 351 g/mol. The van der Waals surface area contributed by atoms with Crippen LogP contribution in [0.15, 0.2) is 29.6 Å². The van der Waals surface area contributed by atoms with Crippen molar-refractivity contribution in [2.45, 2.75) is 19.4 Å². The van der Waals surface area contributed by atoms with Crippen molar-refractivity contribution in [1.29, 1.82) is 0 Å². The molecule has 23 heavy (non-hydrogen) atoms. The molecule has 122 valence electrons. The summed E-state index contributed by atoms with van der Waals surface area (Å²) in [5, 5.41) is 5.63. The molecule has 0 aliphatic carbocycles. The molecule has 4 nitrogen and oxygen atoms in total. The predicted molar refractivity (Wildman–Crippen MR) is 93.8 cm³/mol. The van der Waals surface area contributed by atoms with E-state index >= 15 is 0 Å². The van der Waals surface area contributed by atoms with Crippen molar-refractivity contribution in [3.63, 3.8) is 0 Å². The lowest BCUT2D eigenvalue weighted by molar-refractivity contribution is -0.923. The molecule has 1 aromatic heterocycles. The molecule has 0 radical (unpaired) electrons. The Kier molecular flexibility index (Phi) is 4.90. The van der Waals surface area contributed by atoms with Gasteiger partial charge in [-0.3, -0.25) is 4.79 Å². The molecule has 3 rings (SSSR count). The van der Waals surface area contributed by atoms with Crippen molar-refractivity contribution < 1.29 is 14.4 Å². The summed E-state index contributed by atoms with van der Waals surface area (Å²) in [4.78, 5) is 15.2. The van der Waals surface area contributed by atoms with Crippen LogP contribution >= 0.6 is 22.9 Å². The van der Waals surface area contributed by atoms with Crippen LogP contribution in [0.5, 0.6) is 5.75 Å². The van der Waals surface area contributed by atoms with Gasteiger partial charge in [0.25, 0.3) is 5.91 Å². The number of quaternary nitrogens is 1. The zero-order valence-electron chi connectivity index (χ0n) is 13.2.